The highest BCUT2D eigenvalue weighted by Gasteiger charge is 2.58. The molecule has 28 heavy (non-hydrogen) atoms. The highest BCUT2D eigenvalue weighted by Crippen LogP contribution is 2.64. The largest absolute Gasteiger partial charge is 0.390 e. The van der Waals surface area contributed by atoms with Crippen LogP contribution in [0.15, 0.2) is 17.5 Å². The third kappa shape index (κ3) is 3.12. The van der Waals surface area contributed by atoms with Crippen molar-refractivity contribution in [2.75, 3.05) is 0 Å². The smallest absolute Gasteiger partial charge is 0.141 e. The molecule has 5 rings (SSSR count). The maximum absolute atomic E-state index is 13.2. The Morgan fingerprint density at radius 1 is 1.07 bits per heavy atom. The summed E-state index contributed by atoms with van der Waals surface area (Å²) >= 11 is 1.73. The summed E-state index contributed by atoms with van der Waals surface area (Å²) in [4.78, 5) is 14.4. The molecule has 1 aromatic heterocycles. The van der Waals surface area contributed by atoms with Gasteiger partial charge in [0.25, 0.3) is 0 Å². The lowest BCUT2D eigenvalue weighted by Gasteiger charge is -2.56. The minimum Gasteiger partial charge on any atom is -0.390 e. The zero-order valence-corrected chi connectivity index (χ0v) is 18.3. The zero-order valence-electron chi connectivity index (χ0n) is 17.5. The fraction of sp³-hybridized carbons (Fsp3) is 0.800. The van der Waals surface area contributed by atoms with Gasteiger partial charge in [-0.15, -0.1) is 11.3 Å². The van der Waals surface area contributed by atoms with E-state index in [0.717, 1.165) is 48.9 Å². The highest BCUT2D eigenvalue weighted by molar-refractivity contribution is 7.10. The molecule has 0 spiro atoms. The standard InChI is InChI=1S/C25H36O2S/c1-24(27)11-9-18-16(15-24)5-6-20-19(18)10-12-25(2)21(20)7-8-22(25)23(26)14-17-4-3-13-28-17/h3-4,13,16,18-22,27H,5-12,14-15H2,1-2H3/t16-,18-,19+,20+,21-,22+,24+,25-/m0/s1. The molecule has 0 aliphatic heterocycles. The van der Waals surface area contributed by atoms with Gasteiger partial charge in [-0.05, 0) is 111 Å². The zero-order chi connectivity index (χ0) is 19.5. The summed E-state index contributed by atoms with van der Waals surface area (Å²) in [6, 6.07) is 4.19. The lowest BCUT2D eigenvalue weighted by molar-refractivity contribution is -0.131. The number of aliphatic hydroxyl groups is 1. The summed E-state index contributed by atoms with van der Waals surface area (Å²) in [5.74, 6) is 4.82. The summed E-state index contributed by atoms with van der Waals surface area (Å²) in [5, 5.41) is 12.7. The predicted octanol–water partition coefficient (Wildman–Crippen LogP) is 5.88. The second-order valence-electron chi connectivity index (χ2n) is 11.1. The summed E-state index contributed by atoms with van der Waals surface area (Å²) in [5.41, 5.74) is -0.188. The first kappa shape index (κ1) is 19.3. The topological polar surface area (TPSA) is 37.3 Å². The average molecular weight is 401 g/mol. The number of hydrogen-bond donors (Lipinski definition) is 1. The van der Waals surface area contributed by atoms with E-state index in [1.165, 1.54) is 43.4 Å². The van der Waals surface area contributed by atoms with Gasteiger partial charge in [0.1, 0.15) is 5.78 Å². The van der Waals surface area contributed by atoms with Gasteiger partial charge >= 0.3 is 0 Å². The van der Waals surface area contributed by atoms with Gasteiger partial charge in [-0.1, -0.05) is 13.0 Å². The lowest BCUT2D eigenvalue weighted by Crippen LogP contribution is -2.51. The van der Waals surface area contributed by atoms with Crippen LogP contribution in [-0.2, 0) is 11.2 Å². The summed E-state index contributed by atoms with van der Waals surface area (Å²) in [7, 11) is 0. The van der Waals surface area contributed by atoms with Crippen LogP contribution in [0.1, 0.15) is 76.5 Å². The van der Waals surface area contributed by atoms with Crippen LogP contribution in [0.2, 0.25) is 0 Å². The molecule has 1 N–H and O–H groups in total. The van der Waals surface area contributed by atoms with E-state index in [9.17, 15) is 9.90 Å². The van der Waals surface area contributed by atoms with Crippen molar-refractivity contribution in [2.45, 2.75) is 83.7 Å². The second kappa shape index (κ2) is 6.94. The van der Waals surface area contributed by atoms with Crippen molar-refractivity contribution >= 4 is 17.1 Å². The number of ketones is 1. The Labute approximate surface area is 174 Å². The monoisotopic (exact) mass is 400 g/mol. The lowest BCUT2D eigenvalue weighted by atomic mass is 9.49. The molecule has 0 unspecified atom stereocenters. The Bertz CT molecular complexity index is 723. The first-order valence-electron chi connectivity index (χ1n) is 11.6. The van der Waals surface area contributed by atoms with E-state index in [1.54, 1.807) is 11.3 Å². The molecule has 1 heterocycles. The number of rotatable bonds is 3. The van der Waals surface area contributed by atoms with Crippen LogP contribution in [0.25, 0.3) is 0 Å². The first-order chi connectivity index (χ1) is 13.4. The Morgan fingerprint density at radius 3 is 2.68 bits per heavy atom. The molecule has 0 aromatic carbocycles. The molecule has 0 bridgehead atoms. The van der Waals surface area contributed by atoms with Crippen LogP contribution in [0.5, 0.6) is 0 Å². The number of carbonyl (C=O) groups excluding carboxylic acids is 1. The maximum Gasteiger partial charge on any atom is 0.141 e. The van der Waals surface area contributed by atoms with Gasteiger partial charge in [0.2, 0.25) is 0 Å². The van der Waals surface area contributed by atoms with Gasteiger partial charge in [-0.25, -0.2) is 0 Å². The molecule has 4 saturated carbocycles. The van der Waals surface area contributed by atoms with Crippen molar-refractivity contribution in [1.82, 2.24) is 0 Å². The summed E-state index contributed by atoms with van der Waals surface area (Å²) in [6.45, 7) is 4.52. The molecule has 0 amide bonds. The highest BCUT2D eigenvalue weighted by atomic mass is 32.1. The molecule has 4 aliphatic rings. The predicted molar refractivity (Wildman–Crippen MR) is 114 cm³/mol. The van der Waals surface area contributed by atoms with Crippen molar-refractivity contribution < 1.29 is 9.90 Å². The number of carbonyl (C=O) groups is 1. The van der Waals surface area contributed by atoms with E-state index in [4.69, 9.17) is 0 Å². The van der Waals surface area contributed by atoms with Crippen LogP contribution in [-0.4, -0.2) is 16.5 Å². The second-order valence-corrected chi connectivity index (χ2v) is 12.1. The fourth-order valence-corrected chi connectivity index (χ4v) is 9.03. The normalized spacial score (nSPS) is 47.8. The Morgan fingerprint density at radius 2 is 1.89 bits per heavy atom. The van der Waals surface area contributed by atoms with E-state index in [-0.39, 0.29) is 11.3 Å². The van der Waals surface area contributed by atoms with Crippen molar-refractivity contribution in [3.05, 3.63) is 22.4 Å². The molecular formula is C25H36O2S. The molecule has 1 aromatic rings. The Hall–Kier alpha value is -0.670. The molecule has 0 radical (unpaired) electrons. The van der Waals surface area contributed by atoms with Crippen LogP contribution < -0.4 is 0 Å². The van der Waals surface area contributed by atoms with Crippen LogP contribution in [0.4, 0.5) is 0 Å². The third-order valence-electron chi connectivity index (χ3n) is 9.55. The van der Waals surface area contributed by atoms with Gasteiger partial charge < -0.3 is 5.11 Å². The van der Waals surface area contributed by atoms with Gasteiger partial charge in [0.15, 0.2) is 0 Å². The molecular weight excluding hydrogens is 364 g/mol. The first-order valence-corrected chi connectivity index (χ1v) is 12.5. The molecule has 4 fully saturated rings. The van der Waals surface area contributed by atoms with Crippen molar-refractivity contribution in [1.29, 1.82) is 0 Å². The van der Waals surface area contributed by atoms with Crippen molar-refractivity contribution in [3.8, 4) is 0 Å². The molecule has 3 heteroatoms. The summed E-state index contributed by atoms with van der Waals surface area (Å²) in [6.07, 6.45) is 11.5. The molecule has 2 nitrogen and oxygen atoms in total. The minimum atomic E-state index is -0.427. The maximum atomic E-state index is 13.2. The van der Waals surface area contributed by atoms with E-state index < -0.39 is 5.60 Å². The van der Waals surface area contributed by atoms with Crippen LogP contribution in [0.3, 0.4) is 0 Å². The molecule has 8 atom stereocenters. The van der Waals surface area contributed by atoms with Crippen LogP contribution >= 0.6 is 11.3 Å². The fourth-order valence-electron chi connectivity index (χ4n) is 8.32. The molecule has 154 valence electrons. The summed E-state index contributed by atoms with van der Waals surface area (Å²) < 4.78 is 0. The van der Waals surface area contributed by atoms with Gasteiger partial charge in [-0.3, -0.25) is 4.79 Å². The van der Waals surface area contributed by atoms with E-state index in [2.05, 4.69) is 24.4 Å². The number of Topliss-reactive ketones (excluding diaryl/α,β-unsaturated/α-hetero) is 1. The third-order valence-corrected chi connectivity index (χ3v) is 10.4. The average Bonchev–Trinajstić information content (AvgIpc) is 3.27. The van der Waals surface area contributed by atoms with E-state index >= 15 is 0 Å². The molecule has 0 saturated heterocycles. The Balaban J connectivity index is 1.32. The van der Waals surface area contributed by atoms with Gasteiger partial charge in [-0.2, -0.15) is 0 Å². The van der Waals surface area contributed by atoms with E-state index in [0.29, 0.717) is 12.2 Å². The number of hydrogen-bond acceptors (Lipinski definition) is 3. The van der Waals surface area contributed by atoms with Crippen molar-refractivity contribution in [3.63, 3.8) is 0 Å². The SMILES string of the molecule is C[C@@]1(O)CC[C@H]2[C@@H](CC[C@@H]3[C@@H]2CC[C@]2(C)[C@@H](C(=O)Cc4cccs4)CC[C@@H]32)C1. The number of fused-ring (bicyclic) bond motifs is 5. The van der Waals surface area contributed by atoms with Gasteiger partial charge in [0, 0.05) is 17.2 Å². The minimum absolute atomic E-state index is 0.239. The van der Waals surface area contributed by atoms with Crippen LogP contribution in [0, 0.1) is 40.9 Å². The number of thiophene rings is 1. The van der Waals surface area contributed by atoms with Gasteiger partial charge in [0.05, 0.1) is 5.60 Å². The quantitative estimate of drug-likeness (QED) is 0.688. The molecule has 4 aliphatic carbocycles. The Kier molecular flexibility index (Phi) is 4.79. The van der Waals surface area contributed by atoms with E-state index in [1.807, 2.05) is 6.92 Å². The van der Waals surface area contributed by atoms with Crippen molar-refractivity contribution in [2.24, 2.45) is 40.9 Å².